The fraction of sp³-hybridized carbons (Fsp3) is 0.855. The molecule has 9 aliphatic rings. The van der Waals surface area contributed by atoms with E-state index in [1.165, 1.54) is 13.8 Å². The summed E-state index contributed by atoms with van der Waals surface area (Å²) in [5.74, 6) is -5.11. The molecule has 4 saturated carbocycles. The maximum absolute atomic E-state index is 14.3. The van der Waals surface area contributed by atoms with Gasteiger partial charge in [-0.25, -0.2) is 9.59 Å². The fourth-order valence-corrected chi connectivity index (χ4v) is 17.6. The van der Waals surface area contributed by atoms with Crippen molar-refractivity contribution in [2.24, 2.45) is 50.2 Å². The van der Waals surface area contributed by atoms with Crippen molar-refractivity contribution in [3.8, 4) is 0 Å². The van der Waals surface area contributed by atoms with Gasteiger partial charge in [-0.3, -0.25) is 9.59 Å². The largest absolute Gasteiger partial charge is 0.479 e. The third-order valence-electron chi connectivity index (χ3n) is 22.9. The van der Waals surface area contributed by atoms with Crippen LogP contribution in [-0.4, -0.2) is 264 Å². The van der Waals surface area contributed by atoms with E-state index in [0.717, 1.165) is 11.9 Å². The van der Waals surface area contributed by atoms with Gasteiger partial charge >= 0.3 is 23.9 Å². The number of carboxylic acid groups (broad SMARTS) is 1. The standard InChI is InChI=1S/C62H94O29/c1-11-25(2)52(80)91-49-50(83-27(4)68)62(24-66)29(18-57(49,5)6)28-12-13-34-58(7)16-15-35(59(8,23-65)33(58)14-17-60(34,9)61(28,10)19-36(62)82-26(3)67)86-56-48(90-54-43(76)41(74)39(72)32(21-64)85-54)45(44(77)46(88-56)51(78)79)87-55-47(37(70)30(69)22-81-55)89-53-42(75)40(73)38(71)31(20-63)84-53/h11-12,23,29-50,53-56,63-64,66,69-77H,13-22,24H2,1-10H3,(H,78,79)/b25-11-/t29-,30-,31+,32+,33+,34+,35-,36+,37-,38+,39-,40-,41-,42+,43+,44-,45-,46-,47+,48+,49-,50-,53-,54-,55-,56+,58-,59-,60+,61+,62-/m0/s1. The lowest BCUT2D eigenvalue weighted by Gasteiger charge is -2.72. The molecule has 31 atom stereocenters. The van der Waals surface area contributed by atoms with E-state index in [1.54, 1.807) is 26.8 Å². The Hall–Kier alpha value is -3.77. The zero-order chi connectivity index (χ0) is 67.2. The summed E-state index contributed by atoms with van der Waals surface area (Å²) in [7, 11) is 0. The monoisotopic (exact) mass is 1300 g/mol. The van der Waals surface area contributed by atoms with E-state index in [1.807, 2.05) is 13.8 Å². The summed E-state index contributed by atoms with van der Waals surface area (Å²) in [6.45, 7) is 14.6. The summed E-state index contributed by atoms with van der Waals surface area (Å²) < 4.78 is 67.2. The molecule has 5 aliphatic carbocycles. The number of aliphatic hydroxyl groups excluding tert-OH is 12. The Morgan fingerprint density at radius 1 is 0.615 bits per heavy atom. The van der Waals surface area contributed by atoms with Crippen molar-refractivity contribution in [1.82, 2.24) is 0 Å². The van der Waals surface area contributed by atoms with E-state index in [-0.39, 0.29) is 18.8 Å². The molecular formula is C62H94O29. The van der Waals surface area contributed by atoms with Gasteiger partial charge in [0.2, 0.25) is 0 Å². The zero-order valence-corrected chi connectivity index (χ0v) is 52.9. The van der Waals surface area contributed by atoms with E-state index in [0.29, 0.717) is 37.7 Å². The molecule has 91 heavy (non-hydrogen) atoms. The van der Waals surface area contributed by atoms with Crippen LogP contribution in [0, 0.1) is 50.2 Å². The Morgan fingerprint density at radius 3 is 1.74 bits per heavy atom. The molecule has 0 bridgehead atoms. The molecule has 0 aromatic heterocycles. The minimum absolute atomic E-state index is 0.0722. The Kier molecular flexibility index (Phi) is 21.0. The summed E-state index contributed by atoms with van der Waals surface area (Å²) in [6.07, 6.45) is -35.7. The highest BCUT2D eigenvalue weighted by atomic mass is 16.8. The quantitative estimate of drug-likeness (QED) is 0.0186. The summed E-state index contributed by atoms with van der Waals surface area (Å²) in [5.41, 5.74) is -4.75. The second-order valence-corrected chi connectivity index (χ2v) is 28.3. The number of esters is 3. The van der Waals surface area contributed by atoms with E-state index >= 15 is 0 Å². The molecule has 0 amide bonds. The molecule has 29 nitrogen and oxygen atoms in total. The van der Waals surface area contributed by atoms with Gasteiger partial charge in [0.1, 0.15) is 104 Å². The number of hydrogen-bond acceptors (Lipinski definition) is 28. The van der Waals surface area contributed by atoms with Crippen molar-refractivity contribution in [3.63, 3.8) is 0 Å². The average Bonchev–Trinajstić information content (AvgIpc) is 0.669. The normalized spacial score (nSPS) is 49.7. The molecule has 516 valence electrons. The molecule has 0 radical (unpaired) electrons. The molecule has 9 rings (SSSR count). The van der Waals surface area contributed by atoms with Gasteiger partial charge < -0.3 is 123 Å². The van der Waals surface area contributed by atoms with Crippen LogP contribution < -0.4 is 0 Å². The van der Waals surface area contributed by atoms with Gasteiger partial charge in [-0.2, -0.15) is 0 Å². The number of carboxylic acids is 1. The van der Waals surface area contributed by atoms with Crippen LogP contribution in [0.2, 0.25) is 0 Å². The Bertz CT molecular complexity index is 2720. The van der Waals surface area contributed by atoms with Gasteiger partial charge in [-0.15, -0.1) is 0 Å². The predicted molar refractivity (Wildman–Crippen MR) is 304 cm³/mol. The molecule has 29 heteroatoms. The molecular weight excluding hydrogens is 1210 g/mol. The molecule has 0 unspecified atom stereocenters. The number of aliphatic hydroxyl groups is 12. The second-order valence-electron chi connectivity index (χ2n) is 28.3. The smallest absolute Gasteiger partial charge is 0.335 e. The summed E-state index contributed by atoms with van der Waals surface area (Å²) in [4.78, 5) is 67.8. The maximum atomic E-state index is 14.3. The minimum Gasteiger partial charge on any atom is -0.479 e. The SMILES string of the molecule is C/C=C(/C)C(=O)O[C@H]1[C@H](OC(C)=O)[C@]2(CO)[C@H](OC(C)=O)C[C@]3(C)C(=CC[C@@H]4[C@@]5(C)CC[C@H](O[C@@H]6O[C@H](C(=O)O)[C@@H](O)[C@H](O[C@@H]7OC[C@H](O)[C@H](O)[C@H]7O[C@@H]7O[C@H](CO)[C@@H](O)[C@H](O)[C@H]7O)[C@H]6O[C@@H]6O[C@H](CO)[C@H](O)[C@H](O)[C@H]6O)[C@@](C)(C=O)[C@@H]5CC[C@]43C)[C@@H]2CC1(C)C. The lowest BCUT2D eigenvalue weighted by Crippen LogP contribution is -2.73. The van der Waals surface area contributed by atoms with Crippen molar-refractivity contribution in [3.05, 3.63) is 23.3 Å². The van der Waals surface area contributed by atoms with E-state index < -0.39 is 236 Å². The fourth-order valence-electron chi connectivity index (χ4n) is 17.6. The number of carbonyl (C=O) groups is 5. The predicted octanol–water partition coefficient (Wildman–Crippen LogP) is -2.08. The van der Waals surface area contributed by atoms with Gasteiger partial charge in [0.25, 0.3) is 0 Å². The van der Waals surface area contributed by atoms with Crippen LogP contribution >= 0.6 is 0 Å². The van der Waals surface area contributed by atoms with Gasteiger partial charge in [0.05, 0.1) is 43.4 Å². The van der Waals surface area contributed by atoms with Gasteiger partial charge in [0, 0.05) is 24.8 Å². The van der Waals surface area contributed by atoms with Crippen molar-refractivity contribution in [2.45, 2.75) is 255 Å². The Labute approximate surface area is 526 Å². The highest BCUT2D eigenvalue weighted by Gasteiger charge is 2.75. The number of hydrogen-bond donors (Lipinski definition) is 13. The van der Waals surface area contributed by atoms with Crippen LogP contribution in [0.15, 0.2) is 23.3 Å². The number of carbonyl (C=O) groups excluding carboxylic acids is 4. The molecule has 4 saturated heterocycles. The van der Waals surface area contributed by atoms with Crippen molar-refractivity contribution in [2.75, 3.05) is 26.4 Å². The van der Waals surface area contributed by atoms with E-state index in [4.69, 9.17) is 52.1 Å². The lowest BCUT2D eigenvalue weighted by atomic mass is 9.33. The number of rotatable bonds is 17. The first-order chi connectivity index (χ1) is 42.6. The first kappa shape index (κ1) is 71.5. The van der Waals surface area contributed by atoms with Crippen molar-refractivity contribution in [1.29, 1.82) is 0 Å². The van der Waals surface area contributed by atoms with Gasteiger partial charge in [-0.05, 0) is 92.8 Å². The number of ether oxygens (including phenoxy) is 11. The molecule has 4 aliphatic heterocycles. The number of aliphatic carboxylic acids is 1. The van der Waals surface area contributed by atoms with Crippen LogP contribution in [0.25, 0.3) is 0 Å². The third kappa shape index (κ3) is 12.1. The highest BCUT2D eigenvalue weighted by Crippen LogP contribution is 2.76. The average molecular weight is 1300 g/mol. The molecule has 0 spiro atoms. The summed E-state index contributed by atoms with van der Waals surface area (Å²) >= 11 is 0. The van der Waals surface area contributed by atoms with Crippen LogP contribution in [-0.2, 0) is 76.1 Å². The summed E-state index contributed by atoms with van der Waals surface area (Å²) in [6, 6.07) is 0. The van der Waals surface area contributed by atoms with Crippen LogP contribution in [0.5, 0.6) is 0 Å². The van der Waals surface area contributed by atoms with Crippen molar-refractivity contribution < 1.29 is 142 Å². The number of aldehydes is 1. The molecule has 4 heterocycles. The second kappa shape index (κ2) is 26.7. The Morgan fingerprint density at radius 2 is 1.20 bits per heavy atom. The molecule has 13 N–H and O–H groups in total. The first-order valence-corrected chi connectivity index (χ1v) is 31.3. The maximum Gasteiger partial charge on any atom is 0.335 e. The van der Waals surface area contributed by atoms with Crippen LogP contribution in [0.3, 0.4) is 0 Å². The minimum atomic E-state index is -2.33. The van der Waals surface area contributed by atoms with Crippen LogP contribution in [0.1, 0.15) is 114 Å². The Balaban J connectivity index is 1.07. The third-order valence-corrected chi connectivity index (χ3v) is 22.9. The number of allylic oxidation sites excluding steroid dienone is 3. The zero-order valence-electron chi connectivity index (χ0n) is 52.9. The molecule has 0 aromatic rings. The van der Waals surface area contributed by atoms with Crippen molar-refractivity contribution >= 4 is 30.2 Å². The first-order valence-electron chi connectivity index (χ1n) is 31.3. The summed E-state index contributed by atoms with van der Waals surface area (Å²) in [5, 5.41) is 142. The van der Waals surface area contributed by atoms with Crippen LogP contribution in [0.4, 0.5) is 0 Å². The van der Waals surface area contributed by atoms with E-state index in [2.05, 4.69) is 26.8 Å². The molecule has 0 aromatic carbocycles. The van der Waals surface area contributed by atoms with Gasteiger partial charge in [-0.1, -0.05) is 59.3 Å². The van der Waals surface area contributed by atoms with E-state index in [9.17, 15) is 90.4 Å². The lowest BCUT2D eigenvalue weighted by molar-refractivity contribution is -0.400. The number of fused-ring (bicyclic) bond motifs is 7. The topological polar surface area (TPSA) is 450 Å². The van der Waals surface area contributed by atoms with Gasteiger partial charge in [0.15, 0.2) is 37.4 Å². The highest BCUT2D eigenvalue weighted by molar-refractivity contribution is 5.87. The molecule has 8 fully saturated rings.